The van der Waals surface area contributed by atoms with Crippen molar-refractivity contribution in [1.82, 2.24) is 9.97 Å². The summed E-state index contributed by atoms with van der Waals surface area (Å²) in [5.41, 5.74) is 7.77. The average molecular weight is 349 g/mol. The van der Waals surface area contributed by atoms with Crippen LogP contribution in [-0.2, 0) is 0 Å². The predicted octanol–water partition coefficient (Wildman–Crippen LogP) is 4.43. The first-order chi connectivity index (χ1) is 12.3. The number of benzene rings is 2. The van der Waals surface area contributed by atoms with Crippen LogP contribution in [-0.4, -0.2) is 23.0 Å². The molecule has 1 heterocycles. The van der Waals surface area contributed by atoms with E-state index in [9.17, 15) is 4.79 Å². The Morgan fingerprint density at radius 2 is 1.38 bits per heavy atom. The Morgan fingerprint density at radius 3 is 1.92 bits per heavy atom. The lowest BCUT2D eigenvalue weighted by molar-refractivity contribution is 0.101. The SMILES string of the molecule is COc1nc2cc(C)c(C)cc2nc1C(=O)Nc1c(C)cc(C)cc1C. The molecule has 0 unspecified atom stereocenters. The van der Waals surface area contributed by atoms with Crippen LogP contribution in [0.25, 0.3) is 11.0 Å². The van der Waals surface area contributed by atoms with Gasteiger partial charge in [-0.25, -0.2) is 9.97 Å². The Kier molecular flexibility index (Phi) is 4.64. The number of fused-ring (bicyclic) bond motifs is 1. The van der Waals surface area contributed by atoms with Gasteiger partial charge >= 0.3 is 0 Å². The second-order valence-electron chi connectivity index (χ2n) is 6.73. The van der Waals surface area contributed by atoms with Crippen LogP contribution in [0, 0.1) is 34.6 Å². The Labute approximate surface area is 153 Å². The van der Waals surface area contributed by atoms with Crippen molar-refractivity contribution in [1.29, 1.82) is 0 Å². The molecule has 3 rings (SSSR count). The zero-order chi connectivity index (χ0) is 19.0. The number of methoxy groups -OCH3 is 1. The first-order valence-electron chi connectivity index (χ1n) is 8.52. The molecular weight excluding hydrogens is 326 g/mol. The van der Waals surface area contributed by atoms with Gasteiger partial charge in [-0.15, -0.1) is 0 Å². The second-order valence-corrected chi connectivity index (χ2v) is 6.73. The number of nitrogens with one attached hydrogen (secondary N) is 1. The van der Waals surface area contributed by atoms with Crippen molar-refractivity contribution in [3.8, 4) is 5.88 Å². The summed E-state index contributed by atoms with van der Waals surface area (Å²) >= 11 is 0. The van der Waals surface area contributed by atoms with E-state index < -0.39 is 0 Å². The van der Waals surface area contributed by atoms with Crippen molar-refractivity contribution in [2.75, 3.05) is 12.4 Å². The van der Waals surface area contributed by atoms with Crippen LogP contribution < -0.4 is 10.1 Å². The molecular formula is C21H23N3O2. The smallest absolute Gasteiger partial charge is 0.279 e. The molecule has 0 aliphatic rings. The van der Waals surface area contributed by atoms with Crippen LogP contribution in [0.4, 0.5) is 5.69 Å². The van der Waals surface area contributed by atoms with Gasteiger partial charge < -0.3 is 10.1 Å². The molecule has 0 atom stereocenters. The number of hydrogen-bond donors (Lipinski definition) is 1. The minimum Gasteiger partial charge on any atom is -0.479 e. The lowest BCUT2D eigenvalue weighted by atomic mass is 10.0. The van der Waals surface area contributed by atoms with E-state index in [1.54, 1.807) is 0 Å². The van der Waals surface area contributed by atoms with E-state index >= 15 is 0 Å². The number of carbonyl (C=O) groups is 1. The van der Waals surface area contributed by atoms with Gasteiger partial charge in [0.2, 0.25) is 5.88 Å². The normalized spacial score (nSPS) is 10.8. The summed E-state index contributed by atoms with van der Waals surface area (Å²) in [5, 5.41) is 2.97. The Bertz CT molecular complexity index is 1000. The highest BCUT2D eigenvalue weighted by Crippen LogP contribution is 2.25. The summed E-state index contributed by atoms with van der Waals surface area (Å²) in [6.45, 7) is 10.0. The van der Waals surface area contributed by atoms with Gasteiger partial charge in [-0.1, -0.05) is 17.7 Å². The van der Waals surface area contributed by atoms with E-state index in [0.717, 1.165) is 33.5 Å². The van der Waals surface area contributed by atoms with Gasteiger partial charge in [0.15, 0.2) is 5.69 Å². The highest BCUT2D eigenvalue weighted by atomic mass is 16.5. The Balaban J connectivity index is 2.06. The molecule has 1 aromatic heterocycles. The Morgan fingerprint density at radius 1 is 0.846 bits per heavy atom. The lowest BCUT2D eigenvalue weighted by Gasteiger charge is -2.14. The van der Waals surface area contributed by atoms with Crippen molar-refractivity contribution in [2.24, 2.45) is 0 Å². The molecule has 0 saturated carbocycles. The first kappa shape index (κ1) is 17.9. The molecule has 0 bridgehead atoms. The molecule has 1 amide bonds. The zero-order valence-corrected chi connectivity index (χ0v) is 16.0. The molecule has 5 heteroatoms. The largest absolute Gasteiger partial charge is 0.479 e. The number of nitrogens with zero attached hydrogens (tertiary/aromatic N) is 2. The number of ether oxygens (including phenoxy) is 1. The number of anilines is 1. The minimum absolute atomic E-state index is 0.183. The van der Waals surface area contributed by atoms with Gasteiger partial charge in [0.1, 0.15) is 0 Å². The van der Waals surface area contributed by atoms with Gasteiger partial charge in [-0.2, -0.15) is 0 Å². The molecule has 0 radical (unpaired) electrons. The fraction of sp³-hybridized carbons (Fsp3) is 0.286. The number of aromatic nitrogens is 2. The summed E-state index contributed by atoms with van der Waals surface area (Å²) in [7, 11) is 1.50. The van der Waals surface area contributed by atoms with Crippen LogP contribution in [0.15, 0.2) is 24.3 Å². The lowest BCUT2D eigenvalue weighted by Crippen LogP contribution is -2.17. The number of carbonyl (C=O) groups excluding carboxylic acids is 1. The van der Waals surface area contributed by atoms with Crippen molar-refractivity contribution in [3.05, 3.63) is 57.8 Å². The molecule has 0 aliphatic carbocycles. The van der Waals surface area contributed by atoms with Gasteiger partial charge in [0.05, 0.1) is 18.1 Å². The summed E-state index contributed by atoms with van der Waals surface area (Å²) < 4.78 is 5.33. The number of aryl methyl sites for hydroxylation is 5. The molecule has 0 fully saturated rings. The molecule has 0 aliphatic heterocycles. The van der Waals surface area contributed by atoms with Crippen LogP contribution >= 0.6 is 0 Å². The standard InChI is InChI=1S/C21H23N3O2/c1-11-7-14(4)18(15(5)8-11)24-20(25)19-21(26-6)23-17-10-13(3)12(2)9-16(17)22-19/h7-10H,1-6H3,(H,24,25). The van der Waals surface area contributed by atoms with Crippen LogP contribution in [0.5, 0.6) is 5.88 Å². The fourth-order valence-corrected chi connectivity index (χ4v) is 3.14. The molecule has 1 N–H and O–H groups in total. The van der Waals surface area contributed by atoms with E-state index in [1.165, 1.54) is 7.11 Å². The van der Waals surface area contributed by atoms with Crippen molar-refractivity contribution >= 4 is 22.6 Å². The molecule has 26 heavy (non-hydrogen) atoms. The van der Waals surface area contributed by atoms with E-state index in [1.807, 2.05) is 58.9 Å². The summed E-state index contributed by atoms with van der Waals surface area (Å²) in [4.78, 5) is 21.9. The van der Waals surface area contributed by atoms with Crippen molar-refractivity contribution in [3.63, 3.8) is 0 Å². The Hall–Kier alpha value is -2.95. The maximum absolute atomic E-state index is 12.9. The van der Waals surface area contributed by atoms with E-state index in [2.05, 4.69) is 15.3 Å². The zero-order valence-electron chi connectivity index (χ0n) is 16.0. The molecule has 5 nitrogen and oxygen atoms in total. The maximum atomic E-state index is 12.9. The molecule has 0 spiro atoms. The minimum atomic E-state index is -0.329. The van der Waals surface area contributed by atoms with Crippen molar-refractivity contribution < 1.29 is 9.53 Å². The van der Waals surface area contributed by atoms with Gasteiger partial charge in [0, 0.05) is 5.69 Å². The van der Waals surface area contributed by atoms with Gasteiger partial charge in [-0.3, -0.25) is 4.79 Å². The quantitative estimate of drug-likeness (QED) is 0.759. The first-order valence-corrected chi connectivity index (χ1v) is 8.52. The fourth-order valence-electron chi connectivity index (χ4n) is 3.14. The van der Waals surface area contributed by atoms with Gasteiger partial charge in [0.25, 0.3) is 5.91 Å². The summed E-state index contributed by atoms with van der Waals surface area (Å²) in [6, 6.07) is 7.97. The number of amides is 1. The van der Waals surface area contributed by atoms with Crippen LogP contribution in [0.3, 0.4) is 0 Å². The molecule has 3 aromatic rings. The highest BCUT2D eigenvalue weighted by molar-refractivity contribution is 6.06. The number of hydrogen-bond acceptors (Lipinski definition) is 4. The topological polar surface area (TPSA) is 64.1 Å². The third kappa shape index (κ3) is 3.25. The van der Waals surface area contributed by atoms with Gasteiger partial charge in [-0.05, 0) is 69.0 Å². The number of rotatable bonds is 3. The van der Waals surface area contributed by atoms with E-state index in [-0.39, 0.29) is 17.5 Å². The van der Waals surface area contributed by atoms with Crippen LogP contribution in [0.1, 0.15) is 38.3 Å². The van der Waals surface area contributed by atoms with E-state index in [4.69, 9.17) is 4.74 Å². The molecule has 134 valence electrons. The van der Waals surface area contributed by atoms with Crippen molar-refractivity contribution in [2.45, 2.75) is 34.6 Å². The van der Waals surface area contributed by atoms with E-state index in [0.29, 0.717) is 11.0 Å². The molecule has 0 saturated heterocycles. The monoisotopic (exact) mass is 349 g/mol. The average Bonchev–Trinajstić information content (AvgIpc) is 2.58. The predicted molar refractivity (Wildman–Crippen MR) is 104 cm³/mol. The second kappa shape index (κ2) is 6.75. The summed E-state index contributed by atoms with van der Waals surface area (Å²) in [6.07, 6.45) is 0. The van der Waals surface area contributed by atoms with Crippen LogP contribution in [0.2, 0.25) is 0 Å². The third-order valence-electron chi connectivity index (χ3n) is 4.57. The third-order valence-corrected chi connectivity index (χ3v) is 4.57. The highest BCUT2D eigenvalue weighted by Gasteiger charge is 2.19. The maximum Gasteiger partial charge on any atom is 0.279 e. The summed E-state index contributed by atoms with van der Waals surface area (Å²) in [5.74, 6) is -0.106. The molecule has 2 aromatic carbocycles.